The van der Waals surface area contributed by atoms with Crippen LogP contribution >= 0.6 is 0 Å². The molecular weight excluding hydrogens is 230 g/mol. The summed E-state index contributed by atoms with van der Waals surface area (Å²) in [5.41, 5.74) is 2.02. The summed E-state index contributed by atoms with van der Waals surface area (Å²) in [6, 6.07) is 5.29. The van der Waals surface area contributed by atoms with E-state index in [9.17, 15) is 9.90 Å². The molecule has 0 bridgehead atoms. The van der Waals surface area contributed by atoms with Crippen molar-refractivity contribution < 1.29 is 14.6 Å². The van der Waals surface area contributed by atoms with E-state index < -0.39 is 0 Å². The molecule has 2 rings (SSSR count). The Morgan fingerprint density at radius 2 is 1.94 bits per heavy atom. The van der Waals surface area contributed by atoms with Gasteiger partial charge in [0.25, 0.3) is 0 Å². The Hall–Kier alpha value is -2.20. The molecule has 92 valence electrons. The third-order valence-corrected chi connectivity index (χ3v) is 2.54. The molecule has 0 spiro atoms. The number of hydrogen-bond donors (Lipinski definition) is 1. The van der Waals surface area contributed by atoms with E-state index in [4.69, 9.17) is 4.74 Å². The van der Waals surface area contributed by atoms with Crippen LogP contribution in [-0.4, -0.2) is 23.7 Å². The van der Waals surface area contributed by atoms with Crippen molar-refractivity contribution in [1.82, 2.24) is 0 Å². The molecule has 0 heterocycles. The number of carbonyl (C=O) groups excluding carboxylic acids is 1. The number of hydrogen-bond acceptors (Lipinski definition) is 4. The van der Waals surface area contributed by atoms with Crippen LogP contribution in [0.15, 0.2) is 47.5 Å². The summed E-state index contributed by atoms with van der Waals surface area (Å²) in [7, 11) is 1.57. The fourth-order valence-corrected chi connectivity index (χ4v) is 1.58. The van der Waals surface area contributed by atoms with E-state index in [1.54, 1.807) is 37.5 Å². The second kappa shape index (κ2) is 5.42. The first-order valence-electron chi connectivity index (χ1n) is 5.49. The second-order valence-corrected chi connectivity index (χ2v) is 3.76. The Morgan fingerprint density at radius 1 is 1.22 bits per heavy atom. The highest BCUT2D eigenvalue weighted by Crippen LogP contribution is 2.25. The molecule has 1 N–H and O–H groups in total. The molecule has 1 aromatic rings. The quantitative estimate of drug-likeness (QED) is 0.825. The third kappa shape index (κ3) is 2.73. The Kier molecular flexibility index (Phi) is 3.69. The van der Waals surface area contributed by atoms with E-state index >= 15 is 0 Å². The van der Waals surface area contributed by atoms with Crippen LogP contribution in [0.4, 0.5) is 5.69 Å². The van der Waals surface area contributed by atoms with E-state index in [-0.39, 0.29) is 12.4 Å². The molecule has 1 aliphatic carbocycles. The summed E-state index contributed by atoms with van der Waals surface area (Å²) in [5.74, 6) is 0.624. The number of ether oxygens (including phenoxy) is 1. The highest BCUT2D eigenvalue weighted by atomic mass is 16.5. The molecule has 0 aliphatic heterocycles. The molecule has 0 radical (unpaired) electrons. The number of ketones is 1. The molecular formula is C14H13NO3. The number of nitrogens with zero attached hydrogens (tertiary/aromatic N) is 1. The van der Waals surface area contributed by atoms with Gasteiger partial charge in [-0.1, -0.05) is 0 Å². The van der Waals surface area contributed by atoms with E-state index in [0.29, 0.717) is 22.7 Å². The van der Waals surface area contributed by atoms with E-state index in [0.717, 1.165) is 0 Å². The zero-order valence-corrected chi connectivity index (χ0v) is 9.96. The highest BCUT2D eigenvalue weighted by molar-refractivity contribution is 6.17. The summed E-state index contributed by atoms with van der Waals surface area (Å²) in [6.45, 7) is -0.115. The molecule has 4 heteroatoms. The number of allylic oxidation sites excluding steroid dienone is 4. The van der Waals surface area contributed by atoms with Gasteiger partial charge < -0.3 is 9.84 Å². The van der Waals surface area contributed by atoms with Gasteiger partial charge in [-0.25, -0.2) is 4.99 Å². The van der Waals surface area contributed by atoms with Crippen molar-refractivity contribution >= 4 is 17.2 Å². The van der Waals surface area contributed by atoms with Gasteiger partial charge >= 0.3 is 0 Å². The predicted octanol–water partition coefficient (Wildman–Crippen LogP) is 1.96. The van der Waals surface area contributed by atoms with Gasteiger partial charge in [0.1, 0.15) is 5.75 Å². The summed E-state index contributed by atoms with van der Waals surface area (Å²) in [4.78, 5) is 15.4. The first-order chi connectivity index (χ1) is 8.72. The maximum absolute atomic E-state index is 11.0. The van der Waals surface area contributed by atoms with Crippen molar-refractivity contribution in [3.8, 4) is 5.75 Å². The lowest BCUT2D eigenvalue weighted by atomic mass is 10.1. The van der Waals surface area contributed by atoms with E-state index in [2.05, 4.69) is 4.99 Å². The van der Waals surface area contributed by atoms with Crippen LogP contribution in [-0.2, 0) is 11.4 Å². The summed E-state index contributed by atoms with van der Waals surface area (Å²) < 4.78 is 5.08. The zero-order chi connectivity index (χ0) is 13.0. The molecule has 0 aromatic heterocycles. The van der Waals surface area contributed by atoms with Gasteiger partial charge in [0, 0.05) is 5.56 Å². The molecule has 0 saturated heterocycles. The minimum absolute atomic E-state index is 0.0499. The summed E-state index contributed by atoms with van der Waals surface area (Å²) in [6.07, 6.45) is 6.21. The molecule has 0 unspecified atom stereocenters. The molecule has 0 fully saturated rings. The van der Waals surface area contributed by atoms with Crippen molar-refractivity contribution in [3.63, 3.8) is 0 Å². The number of aliphatic hydroxyl groups excluding tert-OH is 1. The van der Waals surface area contributed by atoms with Crippen LogP contribution in [0.25, 0.3) is 0 Å². The molecule has 1 aliphatic rings. The predicted molar refractivity (Wildman–Crippen MR) is 69.3 cm³/mol. The van der Waals surface area contributed by atoms with Crippen molar-refractivity contribution in [2.75, 3.05) is 7.11 Å². The van der Waals surface area contributed by atoms with Gasteiger partial charge in [0.05, 0.1) is 25.1 Å². The van der Waals surface area contributed by atoms with Crippen LogP contribution in [0, 0.1) is 0 Å². The largest absolute Gasteiger partial charge is 0.497 e. The number of carbonyl (C=O) groups is 1. The van der Waals surface area contributed by atoms with Gasteiger partial charge in [-0.2, -0.15) is 0 Å². The van der Waals surface area contributed by atoms with Crippen molar-refractivity contribution in [2.45, 2.75) is 6.61 Å². The molecule has 0 saturated carbocycles. The average molecular weight is 243 g/mol. The minimum Gasteiger partial charge on any atom is -0.497 e. The molecule has 0 atom stereocenters. The van der Waals surface area contributed by atoms with E-state index in [1.807, 2.05) is 0 Å². The van der Waals surface area contributed by atoms with Crippen molar-refractivity contribution in [2.24, 2.45) is 4.99 Å². The lowest BCUT2D eigenvalue weighted by molar-refractivity contribution is -0.110. The maximum Gasteiger partial charge on any atom is 0.178 e. The average Bonchev–Trinajstić information content (AvgIpc) is 2.41. The van der Waals surface area contributed by atoms with Crippen LogP contribution < -0.4 is 4.74 Å². The monoisotopic (exact) mass is 243 g/mol. The van der Waals surface area contributed by atoms with Crippen molar-refractivity contribution in [3.05, 3.63) is 48.1 Å². The Labute approximate surface area is 105 Å². The first-order valence-corrected chi connectivity index (χ1v) is 5.49. The fourth-order valence-electron chi connectivity index (χ4n) is 1.58. The van der Waals surface area contributed by atoms with Crippen molar-refractivity contribution in [1.29, 1.82) is 0 Å². The van der Waals surface area contributed by atoms with E-state index in [1.165, 1.54) is 12.2 Å². The topological polar surface area (TPSA) is 58.9 Å². The van der Waals surface area contributed by atoms with Gasteiger partial charge in [-0.05, 0) is 42.5 Å². The lowest BCUT2D eigenvalue weighted by Crippen LogP contribution is -1.99. The Morgan fingerprint density at radius 3 is 2.56 bits per heavy atom. The number of rotatable bonds is 3. The molecule has 0 amide bonds. The summed E-state index contributed by atoms with van der Waals surface area (Å²) in [5, 5.41) is 9.29. The van der Waals surface area contributed by atoms with Gasteiger partial charge in [-0.3, -0.25) is 4.79 Å². The number of benzene rings is 1. The van der Waals surface area contributed by atoms with Gasteiger partial charge in [-0.15, -0.1) is 0 Å². The standard InChI is InChI=1S/C14H13NO3/c1-18-13-6-7-14(10(8-13)9-16)15-11-2-4-12(17)5-3-11/h2-8,16H,9H2,1H3. The normalized spacial score (nSPS) is 13.9. The van der Waals surface area contributed by atoms with Crippen LogP contribution in [0.5, 0.6) is 5.75 Å². The second-order valence-electron chi connectivity index (χ2n) is 3.76. The zero-order valence-electron chi connectivity index (χ0n) is 9.96. The number of aliphatic imine (C=N–C) groups is 1. The van der Waals surface area contributed by atoms with Crippen LogP contribution in [0.3, 0.4) is 0 Å². The fraction of sp³-hybridized carbons (Fsp3) is 0.143. The molecule has 18 heavy (non-hydrogen) atoms. The van der Waals surface area contributed by atoms with Crippen LogP contribution in [0.2, 0.25) is 0 Å². The van der Waals surface area contributed by atoms with Crippen LogP contribution in [0.1, 0.15) is 5.56 Å². The Bertz CT molecular complexity index is 538. The smallest absolute Gasteiger partial charge is 0.178 e. The lowest BCUT2D eigenvalue weighted by Gasteiger charge is -2.07. The minimum atomic E-state index is -0.115. The molecule has 4 nitrogen and oxygen atoms in total. The maximum atomic E-state index is 11.0. The Balaban J connectivity index is 2.34. The summed E-state index contributed by atoms with van der Waals surface area (Å²) >= 11 is 0. The molecule has 1 aromatic carbocycles. The van der Waals surface area contributed by atoms with Gasteiger partial charge in [0.15, 0.2) is 5.78 Å². The number of aliphatic hydroxyl groups is 1. The SMILES string of the molecule is COc1ccc(N=C2C=CC(=O)C=C2)c(CO)c1. The first kappa shape index (κ1) is 12.3. The number of methoxy groups -OCH3 is 1. The van der Waals surface area contributed by atoms with Gasteiger partial charge in [0.2, 0.25) is 0 Å². The third-order valence-electron chi connectivity index (χ3n) is 2.54. The highest BCUT2D eigenvalue weighted by Gasteiger charge is 2.05.